The third-order valence-corrected chi connectivity index (χ3v) is 5.61. The van der Waals surface area contributed by atoms with Crippen molar-refractivity contribution in [2.24, 2.45) is 5.92 Å². The summed E-state index contributed by atoms with van der Waals surface area (Å²) in [4.78, 5) is 13.7. The fourth-order valence-electron chi connectivity index (χ4n) is 4.29. The van der Waals surface area contributed by atoms with Crippen molar-refractivity contribution < 1.29 is 5.11 Å². The number of aliphatic hydroxyl groups excluding tert-OH is 1. The summed E-state index contributed by atoms with van der Waals surface area (Å²) in [6.07, 6.45) is 7.08. The Morgan fingerprint density at radius 1 is 1.29 bits per heavy atom. The van der Waals surface area contributed by atoms with Crippen molar-refractivity contribution in [2.45, 2.75) is 32.4 Å². The second kappa shape index (κ2) is 6.78. The van der Waals surface area contributed by atoms with Crippen LogP contribution < -0.4 is 0 Å². The van der Waals surface area contributed by atoms with Crippen molar-refractivity contribution in [3.8, 4) is 0 Å². The van der Waals surface area contributed by atoms with Crippen LogP contribution >= 0.6 is 0 Å². The Hall–Kier alpha value is -1.50. The van der Waals surface area contributed by atoms with E-state index in [1.165, 1.54) is 23.1 Å². The molecular weight excluding hydrogens is 302 g/mol. The number of piperidine rings is 1. The van der Waals surface area contributed by atoms with Gasteiger partial charge in [-0.05, 0) is 37.9 Å². The lowest BCUT2D eigenvalue weighted by Gasteiger charge is -2.32. The molecule has 0 radical (unpaired) electrons. The Balaban J connectivity index is 1.58. The first-order valence-corrected chi connectivity index (χ1v) is 9.08. The zero-order valence-electron chi connectivity index (χ0n) is 14.5. The maximum absolute atomic E-state index is 9.43. The van der Waals surface area contributed by atoms with Gasteiger partial charge in [-0.15, -0.1) is 0 Å². The fourth-order valence-corrected chi connectivity index (χ4v) is 4.29. The van der Waals surface area contributed by atoms with Gasteiger partial charge in [0.05, 0.1) is 0 Å². The second-order valence-electron chi connectivity index (χ2n) is 7.32. The van der Waals surface area contributed by atoms with Gasteiger partial charge >= 0.3 is 0 Å². The molecule has 4 rings (SSSR count). The molecule has 1 unspecified atom stereocenters. The van der Waals surface area contributed by atoms with E-state index in [2.05, 4.69) is 31.4 Å². The van der Waals surface area contributed by atoms with Gasteiger partial charge in [-0.1, -0.05) is 0 Å². The highest BCUT2D eigenvalue weighted by Gasteiger charge is 2.24. The molecule has 0 amide bonds. The lowest BCUT2D eigenvalue weighted by atomic mass is 9.99. The van der Waals surface area contributed by atoms with E-state index in [4.69, 9.17) is 0 Å². The van der Waals surface area contributed by atoms with Gasteiger partial charge in [0.2, 0.25) is 0 Å². The summed E-state index contributed by atoms with van der Waals surface area (Å²) in [5.74, 6) is 0.449. The van der Waals surface area contributed by atoms with E-state index in [1.54, 1.807) is 6.33 Å². The average Bonchev–Trinajstić information content (AvgIpc) is 2.93. The molecule has 2 aromatic rings. The van der Waals surface area contributed by atoms with Crippen LogP contribution in [-0.2, 0) is 19.5 Å². The van der Waals surface area contributed by atoms with Crippen LogP contribution in [0.1, 0.15) is 24.1 Å². The van der Waals surface area contributed by atoms with Crippen LogP contribution in [0.3, 0.4) is 0 Å². The molecular formula is C18H27N5O. The summed E-state index contributed by atoms with van der Waals surface area (Å²) >= 11 is 0. The first-order chi connectivity index (χ1) is 11.8. The van der Waals surface area contributed by atoms with Crippen molar-refractivity contribution in [1.29, 1.82) is 0 Å². The number of hydrogen-bond donors (Lipinski definition) is 1. The Kier molecular flexibility index (Phi) is 4.52. The van der Waals surface area contributed by atoms with Crippen LogP contribution in [0, 0.1) is 5.92 Å². The topological polar surface area (TPSA) is 57.4 Å². The zero-order valence-corrected chi connectivity index (χ0v) is 14.5. The number of likely N-dealkylation sites (tertiary alicyclic amines) is 1. The van der Waals surface area contributed by atoms with Gasteiger partial charge in [-0.2, -0.15) is 0 Å². The van der Waals surface area contributed by atoms with Crippen molar-refractivity contribution in [1.82, 2.24) is 24.3 Å². The monoisotopic (exact) mass is 329 g/mol. The maximum atomic E-state index is 9.43. The van der Waals surface area contributed by atoms with E-state index in [0.717, 1.165) is 57.8 Å². The smallest absolute Gasteiger partial charge is 0.143 e. The van der Waals surface area contributed by atoms with Gasteiger partial charge in [0, 0.05) is 63.0 Å². The minimum atomic E-state index is 0.317. The van der Waals surface area contributed by atoms with Gasteiger partial charge in [0.1, 0.15) is 12.0 Å². The molecule has 6 nitrogen and oxygen atoms in total. The largest absolute Gasteiger partial charge is 0.396 e. The third-order valence-electron chi connectivity index (χ3n) is 5.61. The van der Waals surface area contributed by atoms with Gasteiger partial charge in [-0.25, -0.2) is 9.97 Å². The molecule has 0 bridgehead atoms. The van der Waals surface area contributed by atoms with Gasteiger partial charge in [0.15, 0.2) is 0 Å². The van der Waals surface area contributed by atoms with Crippen LogP contribution in [0.15, 0.2) is 12.5 Å². The standard InChI is InChI=1S/C18H27N5O/c1-21-6-4-17-16(11-21)15-9-19-13-20-18(15)23(17)8-7-22-5-2-3-14(10-22)12-24/h9,13-14,24H,2-8,10-12H2,1H3. The number of rotatable bonds is 4. The van der Waals surface area contributed by atoms with E-state index in [-0.39, 0.29) is 0 Å². The number of aromatic nitrogens is 3. The van der Waals surface area contributed by atoms with Gasteiger partial charge in [-0.3, -0.25) is 0 Å². The minimum Gasteiger partial charge on any atom is -0.396 e. The molecule has 24 heavy (non-hydrogen) atoms. The maximum Gasteiger partial charge on any atom is 0.143 e. The predicted octanol–water partition coefficient (Wildman–Crippen LogP) is 1.12. The third kappa shape index (κ3) is 2.94. The number of fused-ring (bicyclic) bond motifs is 3. The lowest BCUT2D eigenvalue weighted by molar-refractivity contribution is 0.118. The first kappa shape index (κ1) is 16.0. The number of aliphatic hydroxyl groups is 1. The van der Waals surface area contributed by atoms with Crippen LogP contribution in [0.5, 0.6) is 0 Å². The highest BCUT2D eigenvalue weighted by atomic mass is 16.3. The summed E-state index contributed by atoms with van der Waals surface area (Å²) < 4.78 is 2.42. The molecule has 1 atom stereocenters. The van der Waals surface area contributed by atoms with Crippen molar-refractivity contribution in [3.05, 3.63) is 23.8 Å². The number of nitrogens with zero attached hydrogens (tertiary/aromatic N) is 5. The first-order valence-electron chi connectivity index (χ1n) is 9.08. The van der Waals surface area contributed by atoms with Crippen LogP contribution in [-0.4, -0.2) is 69.3 Å². The number of likely N-dealkylation sites (N-methyl/N-ethyl adjacent to an activating group) is 1. The normalized spacial score (nSPS) is 22.8. The molecule has 2 aromatic heterocycles. The molecule has 6 heteroatoms. The van der Waals surface area contributed by atoms with E-state index in [0.29, 0.717) is 12.5 Å². The Morgan fingerprint density at radius 3 is 3.08 bits per heavy atom. The highest BCUT2D eigenvalue weighted by molar-refractivity contribution is 5.81. The highest BCUT2D eigenvalue weighted by Crippen LogP contribution is 2.29. The molecule has 2 aliphatic heterocycles. The lowest BCUT2D eigenvalue weighted by Crippen LogP contribution is -2.38. The van der Waals surface area contributed by atoms with Crippen LogP contribution in [0.2, 0.25) is 0 Å². The Morgan fingerprint density at radius 2 is 2.21 bits per heavy atom. The molecule has 1 N–H and O–H groups in total. The van der Waals surface area contributed by atoms with E-state index in [1.807, 2.05) is 6.20 Å². The SMILES string of the molecule is CN1CCc2c(c3cncnc3n2CCN2CCCC(CO)C2)C1. The van der Waals surface area contributed by atoms with Crippen LogP contribution in [0.25, 0.3) is 11.0 Å². The van der Waals surface area contributed by atoms with E-state index in [9.17, 15) is 5.11 Å². The molecule has 0 aromatic carbocycles. The molecule has 1 saturated heterocycles. The molecule has 4 heterocycles. The van der Waals surface area contributed by atoms with E-state index < -0.39 is 0 Å². The minimum absolute atomic E-state index is 0.317. The van der Waals surface area contributed by atoms with Gasteiger partial charge in [0.25, 0.3) is 0 Å². The quantitative estimate of drug-likeness (QED) is 0.911. The molecule has 2 aliphatic rings. The molecule has 0 saturated carbocycles. The molecule has 1 fully saturated rings. The van der Waals surface area contributed by atoms with E-state index >= 15 is 0 Å². The zero-order chi connectivity index (χ0) is 16.5. The van der Waals surface area contributed by atoms with Gasteiger partial charge < -0.3 is 19.5 Å². The van der Waals surface area contributed by atoms with Crippen molar-refractivity contribution in [3.63, 3.8) is 0 Å². The fraction of sp³-hybridized carbons (Fsp3) is 0.667. The Bertz CT molecular complexity index is 713. The molecule has 0 aliphatic carbocycles. The van der Waals surface area contributed by atoms with Crippen LogP contribution in [0.4, 0.5) is 0 Å². The van der Waals surface area contributed by atoms with Crippen molar-refractivity contribution >= 4 is 11.0 Å². The summed E-state index contributed by atoms with van der Waals surface area (Å²) in [7, 11) is 2.18. The summed E-state index contributed by atoms with van der Waals surface area (Å²) in [6.45, 7) is 6.59. The summed E-state index contributed by atoms with van der Waals surface area (Å²) in [6, 6.07) is 0. The average molecular weight is 329 g/mol. The molecule has 0 spiro atoms. The molecule has 130 valence electrons. The summed E-state index contributed by atoms with van der Waals surface area (Å²) in [5, 5.41) is 10.6. The number of hydrogen-bond acceptors (Lipinski definition) is 5. The second-order valence-corrected chi connectivity index (χ2v) is 7.32. The van der Waals surface area contributed by atoms with Crippen molar-refractivity contribution in [2.75, 3.05) is 39.8 Å². The predicted molar refractivity (Wildman–Crippen MR) is 93.8 cm³/mol. The Labute approximate surface area is 143 Å². The summed E-state index contributed by atoms with van der Waals surface area (Å²) in [5.41, 5.74) is 3.94.